The van der Waals surface area contributed by atoms with Gasteiger partial charge in [0.25, 0.3) is 0 Å². The van der Waals surface area contributed by atoms with Crippen molar-refractivity contribution in [2.75, 3.05) is 55.7 Å². The van der Waals surface area contributed by atoms with Crippen LogP contribution < -0.4 is 20.4 Å². The highest BCUT2D eigenvalue weighted by Gasteiger charge is 2.26. The summed E-state index contributed by atoms with van der Waals surface area (Å²) >= 11 is 0. The average molecular weight is 427 g/mol. The summed E-state index contributed by atoms with van der Waals surface area (Å²) in [6.45, 7) is 8.23. The molecule has 0 aliphatic carbocycles. The number of guanidine groups is 1. The molecule has 0 saturated carbocycles. The van der Waals surface area contributed by atoms with Crippen LogP contribution in [0.2, 0.25) is 0 Å². The van der Waals surface area contributed by atoms with E-state index in [1.54, 1.807) is 12.3 Å². The van der Waals surface area contributed by atoms with E-state index >= 15 is 0 Å². The number of hydrogen-bond donors (Lipinski definition) is 2. The van der Waals surface area contributed by atoms with Gasteiger partial charge < -0.3 is 25.2 Å². The molecule has 3 heterocycles. The Morgan fingerprint density at radius 1 is 1.16 bits per heavy atom. The lowest BCUT2D eigenvalue weighted by Gasteiger charge is -2.30. The molecule has 2 saturated heterocycles. The quantitative estimate of drug-likeness (QED) is 0.546. The van der Waals surface area contributed by atoms with E-state index in [9.17, 15) is 4.39 Å². The van der Waals surface area contributed by atoms with Gasteiger partial charge >= 0.3 is 0 Å². The molecule has 1 atom stereocenters. The Balaban J connectivity index is 1.41. The largest absolute Gasteiger partial charge is 0.378 e. The standard InChI is InChI=1S/C23H31FN6O/c1-2-25-23(28-19-9-11-30(17-19)22-20(24)7-5-10-26-22)27-16-18-6-3-4-8-21(18)29-12-14-31-15-13-29/h3-8,10,19H,2,9,11-17H2,1H3,(H2,25,27,28). The highest BCUT2D eigenvalue weighted by molar-refractivity contribution is 5.80. The summed E-state index contributed by atoms with van der Waals surface area (Å²) < 4.78 is 19.6. The van der Waals surface area contributed by atoms with Crippen LogP contribution >= 0.6 is 0 Å². The first-order valence-electron chi connectivity index (χ1n) is 11.1. The Bertz CT molecular complexity index is 886. The molecule has 2 aromatic rings. The second-order valence-electron chi connectivity index (χ2n) is 7.81. The SMILES string of the molecule is CCNC(=NCc1ccccc1N1CCOCC1)NC1CCN(c2ncccc2F)C1. The maximum Gasteiger partial charge on any atom is 0.191 e. The van der Waals surface area contributed by atoms with E-state index < -0.39 is 0 Å². The fourth-order valence-corrected chi connectivity index (χ4v) is 4.12. The molecule has 31 heavy (non-hydrogen) atoms. The molecular formula is C23H31FN6O. The molecule has 0 amide bonds. The fraction of sp³-hybridized carbons (Fsp3) is 0.478. The summed E-state index contributed by atoms with van der Waals surface area (Å²) in [5.74, 6) is 0.934. The van der Waals surface area contributed by atoms with Gasteiger partial charge in [-0.25, -0.2) is 14.4 Å². The highest BCUT2D eigenvalue weighted by atomic mass is 19.1. The summed E-state index contributed by atoms with van der Waals surface area (Å²) in [4.78, 5) is 13.4. The van der Waals surface area contributed by atoms with Crippen molar-refractivity contribution in [3.05, 3.63) is 54.0 Å². The first-order valence-corrected chi connectivity index (χ1v) is 11.1. The van der Waals surface area contributed by atoms with Gasteiger partial charge in [0, 0.05) is 50.6 Å². The minimum atomic E-state index is -0.275. The van der Waals surface area contributed by atoms with E-state index in [0.717, 1.165) is 51.8 Å². The first-order chi connectivity index (χ1) is 15.2. The van der Waals surface area contributed by atoms with Gasteiger partial charge in [0.05, 0.1) is 19.8 Å². The zero-order chi connectivity index (χ0) is 21.5. The van der Waals surface area contributed by atoms with Crippen LogP contribution in [-0.2, 0) is 11.3 Å². The van der Waals surface area contributed by atoms with Crippen LogP contribution in [0.25, 0.3) is 0 Å². The Morgan fingerprint density at radius 2 is 2.00 bits per heavy atom. The van der Waals surface area contributed by atoms with Crippen LogP contribution in [0.4, 0.5) is 15.9 Å². The van der Waals surface area contributed by atoms with Crippen molar-refractivity contribution in [1.29, 1.82) is 0 Å². The van der Waals surface area contributed by atoms with Crippen LogP contribution in [-0.4, -0.2) is 62.9 Å². The third-order valence-electron chi connectivity index (χ3n) is 5.66. The number of rotatable bonds is 6. The lowest BCUT2D eigenvalue weighted by atomic mass is 10.1. The molecule has 8 heteroatoms. The third-order valence-corrected chi connectivity index (χ3v) is 5.66. The second-order valence-corrected chi connectivity index (χ2v) is 7.81. The number of nitrogens with zero attached hydrogens (tertiary/aromatic N) is 4. The summed E-state index contributed by atoms with van der Waals surface area (Å²) in [5.41, 5.74) is 2.42. The molecule has 4 rings (SSSR count). The molecule has 0 bridgehead atoms. The average Bonchev–Trinajstić information content (AvgIpc) is 3.27. The van der Waals surface area contributed by atoms with Crippen molar-refractivity contribution in [3.8, 4) is 0 Å². The number of ether oxygens (including phenoxy) is 1. The van der Waals surface area contributed by atoms with Gasteiger partial charge in [-0.15, -0.1) is 0 Å². The lowest BCUT2D eigenvalue weighted by Crippen LogP contribution is -2.44. The molecule has 7 nitrogen and oxygen atoms in total. The molecule has 1 aromatic heterocycles. The highest BCUT2D eigenvalue weighted by Crippen LogP contribution is 2.23. The van der Waals surface area contributed by atoms with Crippen molar-refractivity contribution in [1.82, 2.24) is 15.6 Å². The zero-order valence-corrected chi connectivity index (χ0v) is 18.1. The predicted octanol–water partition coefficient (Wildman–Crippen LogP) is 2.39. The van der Waals surface area contributed by atoms with Gasteiger partial charge in [-0.2, -0.15) is 0 Å². The van der Waals surface area contributed by atoms with Crippen molar-refractivity contribution in [2.45, 2.75) is 25.9 Å². The number of halogens is 1. The van der Waals surface area contributed by atoms with E-state index in [1.807, 2.05) is 4.90 Å². The van der Waals surface area contributed by atoms with Gasteiger partial charge in [-0.3, -0.25) is 0 Å². The number of aromatic nitrogens is 1. The smallest absolute Gasteiger partial charge is 0.191 e. The molecule has 166 valence electrons. The van der Waals surface area contributed by atoms with Crippen LogP contribution in [0, 0.1) is 5.82 Å². The van der Waals surface area contributed by atoms with E-state index in [2.05, 4.69) is 51.7 Å². The summed E-state index contributed by atoms with van der Waals surface area (Å²) in [6, 6.07) is 11.7. The minimum Gasteiger partial charge on any atom is -0.378 e. The van der Waals surface area contributed by atoms with Gasteiger partial charge in [-0.05, 0) is 37.1 Å². The first kappa shape index (κ1) is 21.4. The number of pyridine rings is 1. The number of anilines is 2. The molecule has 2 aliphatic heterocycles. The summed E-state index contributed by atoms with van der Waals surface area (Å²) in [5, 5.41) is 6.86. The molecule has 2 aliphatic rings. The maximum absolute atomic E-state index is 14.1. The van der Waals surface area contributed by atoms with Crippen molar-refractivity contribution < 1.29 is 9.13 Å². The van der Waals surface area contributed by atoms with Crippen molar-refractivity contribution >= 4 is 17.5 Å². The number of para-hydroxylation sites is 1. The van der Waals surface area contributed by atoms with E-state index in [-0.39, 0.29) is 11.9 Å². The van der Waals surface area contributed by atoms with Gasteiger partial charge in [0.2, 0.25) is 0 Å². The van der Waals surface area contributed by atoms with Crippen LogP contribution in [0.5, 0.6) is 0 Å². The summed E-state index contributed by atoms with van der Waals surface area (Å²) in [6.07, 6.45) is 2.54. The number of hydrogen-bond acceptors (Lipinski definition) is 5. The van der Waals surface area contributed by atoms with E-state index in [0.29, 0.717) is 18.9 Å². The second kappa shape index (κ2) is 10.4. The number of nitrogens with one attached hydrogen (secondary N) is 2. The van der Waals surface area contributed by atoms with E-state index in [4.69, 9.17) is 9.73 Å². The zero-order valence-electron chi connectivity index (χ0n) is 18.1. The van der Waals surface area contributed by atoms with Gasteiger partial charge in [-0.1, -0.05) is 18.2 Å². The summed E-state index contributed by atoms with van der Waals surface area (Å²) in [7, 11) is 0. The van der Waals surface area contributed by atoms with Gasteiger partial charge in [0.15, 0.2) is 17.6 Å². The number of morpholine rings is 1. The molecule has 2 fully saturated rings. The molecule has 1 unspecified atom stereocenters. The molecule has 0 spiro atoms. The molecule has 0 radical (unpaired) electrons. The third kappa shape index (κ3) is 5.44. The Labute approximate surface area is 183 Å². The van der Waals surface area contributed by atoms with Crippen LogP contribution in [0.15, 0.2) is 47.6 Å². The molecule has 2 N–H and O–H groups in total. The topological polar surface area (TPSA) is 65.0 Å². The molecule has 1 aromatic carbocycles. The fourth-order valence-electron chi connectivity index (χ4n) is 4.12. The Kier molecular flexibility index (Phi) is 7.19. The van der Waals surface area contributed by atoms with Crippen LogP contribution in [0.1, 0.15) is 18.9 Å². The number of benzene rings is 1. The Hall–Kier alpha value is -2.87. The predicted molar refractivity (Wildman–Crippen MR) is 122 cm³/mol. The van der Waals surface area contributed by atoms with E-state index in [1.165, 1.54) is 17.3 Å². The van der Waals surface area contributed by atoms with Crippen molar-refractivity contribution in [3.63, 3.8) is 0 Å². The number of aliphatic imine (C=N–C) groups is 1. The monoisotopic (exact) mass is 426 g/mol. The Morgan fingerprint density at radius 3 is 2.81 bits per heavy atom. The minimum absolute atomic E-state index is 0.189. The molecular weight excluding hydrogens is 395 g/mol. The van der Waals surface area contributed by atoms with Crippen molar-refractivity contribution in [2.24, 2.45) is 4.99 Å². The van der Waals surface area contributed by atoms with Crippen LogP contribution in [0.3, 0.4) is 0 Å². The van der Waals surface area contributed by atoms with Gasteiger partial charge in [0.1, 0.15) is 0 Å². The lowest BCUT2D eigenvalue weighted by molar-refractivity contribution is 0.122. The normalized spacial score (nSPS) is 19.5. The maximum atomic E-state index is 14.1.